The van der Waals surface area contributed by atoms with Gasteiger partial charge in [-0.1, -0.05) is 42.5 Å². The second-order valence-electron chi connectivity index (χ2n) is 7.66. The maximum Gasteiger partial charge on any atom is 0.194 e. The molecule has 31 heavy (non-hydrogen) atoms. The number of para-hydroxylation sites is 2. The molecular formula is C24H30N6O. The molecule has 7 nitrogen and oxygen atoms in total. The monoisotopic (exact) mass is 418 g/mol. The summed E-state index contributed by atoms with van der Waals surface area (Å²) in [6.45, 7) is 7.67. The van der Waals surface area contributed by atoms with Crippen molar-refractivity contribution in [1.82, 2.24) is 20.0 Å². The van der Waals surface area contributed by atoms with E-state index in [1.54, 1.807) is 6.07 Å². The van der Waals surface area contributed by atoms with Crippen LogP contribution in [-0.2, 0) is 13.1 Å². The molecule has 1 fully saturated rings. The predicted molar refractivity (Wildman–Crippen MR) is 124 cm³/mol. The van der Waals surface area contributed by atoms with Gasteiger partial charge in [0.05, 0.1) is 25.0 Å². The molecule has 0 amide bonds. The number of benzene rings is 2. The number of hydrogen-bond acceptors (Lipinski definition) is 4. The Hall–Kier alpha value is -3.48. The zero-order valence-corrected chi connectivity index (χ0v) is 18.0. The van der Waals surface area contributed by atoms with Gasteiger partial charge in [-0.15, -0.1) is 0 Å². The lowest BCUT2D eigenvalue weighted by Gasteiger charge is -2.37. The summed E-state index contributed by atoms with van der Waals surface area (Å²) < 4.78 is 1.96. The van der Waals surface area contributed by atoms with Crippen molar-refractivity contribution in [2.45, 2.75) is 20.0 Å². The van der Waals surface area contributed by atoms with E-state index in [2.05, 4.69) is 45.5 Å². The lowest BCUT2D eigenvalue weighted by atomic mass is 10.2. The van der Waals surface area contributed by atoms with Crippen molar-refractivity contribution in [3.8, 4) is 5.75 Å². The minimum atomic E-state index is 0.337. The smallest absolute Gasteiger partial charge is 0.194 e. The van der Waals surface area contributed by atoms with E-state index in [-0.39, 0.29) is 0 Å². The lowest BCUT2D eigenvalue weighted by Crippen LogP contribution is -2.52. The maximum atomic E-state index is 10.1. The van der Waals surface area contributed by atoms with Crippen LogP contribution in [0.5, 0.6) is 5.75 Å². The van der Waals surface area contributed by atoms with Crippen LogP contribution < -0.4 is 10.2 Å². The van der Waals surface area contributed by atoms with Gasteiger partial charge in [0, 0.05) is 44.5 Å². The molecule has 0 bridgehead atoms. The molecule has 0 radical (unpaired) electrons. The highest BCUT2D eigenvalue weighted by atomic mass is 16.3. The lowest BCUT2D eigenvalue weighted by molar-refractivity contribution is 0.369. The first-order valence-corrected chi connectivity index (χ1v) is 10.8. The molecule has 1 aromatic heterocycles. The quantitative estimate of drug-likeness (QED) is 0.476. The maximum absolute atomic E-state index is 10.1. The van der Waals surface area contributed by atoms with Crippen molar-refractivity contribution >= 4 is 11.6 Å². The molecule has 2 heterocycles. The third kappa shape index (κ3) is 5.36. The predicted octanol–water partition coefficient (Wildman–Crippen LogP) is 2.92. The van der Waals surface area contributed by atoms with Crippen molar-refractivity contribution in [3.05, 3.63) is 78.1 Å². The second-order valence-corrected chi connectivity index (χ2v) is 7.66. The van der Waals surface area contributed by atoms with Crippen LogP contribution >= 0.6 is 0 Å². The SMILES string of the molecule is CCNC(=NCc1cnn(Cc2ccccc2)c1)N1CCN(c2ccccc2O)CC1. The zero-order chi connectivity index (χ0) is 21.5. The van der Waals surface area contributed by atoms with Gasteiger partial charge >= 0.3 is 0 Å². The number of hydrogen-bond donors (Lipinski definition) is 2. The second kappa shape index (κ2) is 10.0. The molecule has 4 rings (SSSR count). The van der Waals surface area contributed by atoms with E-state index in [0.717, 1.165) is 56.5 Å². The van der Waals surface area contributed by atoms with Gasteiger partial charge in [-0.3, -0.25) is 4.68 Å². The number of phenolic OH excluding ortho intramolecular Hbond substituents is 1. The molecule has 7 heteroatoms. The van der Waals surface area contributed by atoms with E-state index >= 15 is 0 Å². The fourth-order valence-electron chi connectivity index (χ4n) is 3.83. The largest absolute Gasteiger partial charge is 0.506 e. The van der Waals surface area contributed by atoms with E-state index in [1.807, 2.05) is 47.3 Å². The fourth-order valence-corrected chi connectivity index (χ4v) is 3.83. The van der Waals surface area contributed by atoms with Gasteiger partial charge < -0.3 is 20.2 Å². The molecular weight excluding hydrogens is 388 g/mol. The normalized spacial score (nSPS) is 14.7. The van der Waals surface area contributed by atoms with E-state index in [9.17, 15) is 5.11 Å². The molecule has 1 saturated heterocycles. The summed E-state index contributed by atoms with van der Waals surface area (Å²) in [4.78, 5) is 9.36. The summed E-state index contributed by atoms with van der Waals surface area (Å²) >= 11 is 0. The number of nitrogens with one attached hydrogen (secondary N) is 1. The number of aliphatic imine (C=N–C) groups is 1. The van der Waals surface area contributed by atoms with Crippen molar-refractivity contribution in [3.63, 3.8) is 0 Å². The topological polar surface area (TPSA) is 68.9 Å². The van der Waals surface area contributed by atoms with Crippen LogP contribution in [0.15, 0.2) is 72.0 Å². The Morgan fingerprint density at radius 2 is 1.74 bits per heavy atom. The molecule has 0 saturated carbocycles. The number of aromatic hydroxyl groups is 1. The van der Waals surface area contributed by atoms with Crippen LogP contribution in [0.1, 0.15) is 18.1 Å². The summed E-state index contributed by atoms with van der Waals surface area (Å²) in [7, 11) is 0. The summed E-state index contributed by atoms with van der Waals surface area (Å²) in [6.07, 6.45) is 3.96. The van der Waals surface area contributed by atoms with Crippen LogP contribution in [-0.4, -0.2) is 58.5 Å². The number of phenols is 1. The van der Waals surface area contributed by atoms with Crippen LogP contribution in [0, 0.1) is 0 Å². The Labute approximate surface area is 183 Å². The number of piperazine rings is 1. The van der Waals surface area contributed by atoms with E-state index < -0.39 is 0 Å². The van der Waals surface area contributed by atoms with Crippen molar-refractivity contribution in [1.29, 1.82) is 0 Å². The van der Waals surface area contributed by atoms with Gasteiger partial charge in [-0.25, -0.2) is 4.99 Å². The van der Waals surface area contributed by atoms with Gasteiger partial charge in [-0.05, 0) is 24.6 Å². The Kier molecular flexibility index (Phi) is 6.72. The summed E-state index contributed by atoms with van der Waals surface area (Å²) in [5.41, 5.74) is 3.23. The van der Waals surface area contributed by atoms with Gasteiger partial charge in [0.2, 0.25) is 0 Å². The molecule has 2 N–H and O–H groups in total. The average molecular weight is 419 g/mol. The van der Waals surface area contributed by atoms with Crippen LogP contribution in [0.4, 0.5) is 5.69 Å². The third-order valence-electron chi connectivity index (χ3n) is 5.42. The molecule has 1 aliphatic heterocycles. The number of aromatic nitrogens is 2. The molecule has 0 unspecified atom stereocenters. The zero-order valence-electron chi connectivity index (χ0n) is 18.0. The minimum Gasteiger partial charge on any atom is -0.506 e. The van der Waals surface area contributed by atoms with Crippen molar-refractivity contribution in [2.24, 2.45) is 4.99 Å². The molecule has 3 aromatic rings. The molecule has 0 aliphatic carbocycles. The number of anilines is 1. The molecule has 0 atom stereocenters. The van der Waals surface area contributed by atoms with E-state index in [4.69, 9.17) is 4.99 Å². The standard InChI is InChI=1S/C24H30N6O/c1-2-25-24(29-14-12-28(13-15-29)22-10-6-7-11-23(22)31)26-16-21-17-27-30(19-21)18-20-8-4-3-5-9-20/h3-11,17,19,31H,2,12-16,18H2,1H3,(H,25,26). The summed E-state index contributed by atoms with van der Waals surface area (Å²) in [6, 6.07) is 17.9. The molecule has 0 spiro atoms. The number of nitrogens with zero attached hydrogens (tertiary/aromatic N) is 5. The first kappa shape index (κ1) is 20.8. The van der Waals surface area contributed by atoms with Gasteiger partial charge in [0.25, 0.3) is 0 Å². The number of rotatable bonds is 6. The Morgan fingerprint density at radius 1 is 1.00 bits per heavy atom. The van der Waals surface area contributed by atoms with Gasteiger partial charge in [0.1, 0.15) is 5.75 Å². The van der Waals surface area contributed by atoms with E-state index in [1.165, 1.54) is 5.56 Å². The third-order valence-corrected chi connectivity index (χ3v) is 5.42. The summed E-state index contributed by atoms with van der Waals surface area (Å²) in [5.74, 6) is 1.26. The molecule has 162 valence electrons. The highest BCUT2D eigenvalue weighted by Crippen LogP contribution is 2.27. The van der Waals surface area contributed by atoms with Crippen LogP contribution in [0.2, 0.25) is 0 Å². The Balaban J connectivity index is 1.36. The van der Waals surface area contributed by atoms with Crippen LogP contribution in [0.3, 0.4) is 0 Å². The van der Waals surface area contributed by atoms with Gasteiger partial charge in [0.15, 0.2) is 5.96 Å². The van der Waals surface area contributed by atoms with Gasteiger partial charge in [-0.2, -0.15) is 5.10 Å². The van der Waals surface area contributed by atoms with Crippen molar-refractivity contribution < 1.29 is 5.11 Å². The van der Waals surface area contributed by atoms with Crippen LogP contribution in [0.25, 0.3) is 0 Å². The first-order chi connectivity index (χ1) is 15.2. The highest BCUT2D eigenvalue weighted by Gasteiger charge is 2.21. The average Bonchev–Trinajstić information content (AvgIpc) is 3.25. The number of guanidine groups is 1. The highest BCUT2D eigenvalue weighted by molar-refractivity contribution is 5.80. The van der Waals surface area contributed by atoms with Crippen molar-refractivity contribution in [2.75, 3.05) is 37.6 Å². The fraction of sp³-hybridized carbons (Fsp3) is 0.333. The summed E-state index contributed by atoms with van der Waals surface area (Å²) in [5, 5.41) is 18.0. The Morgan fingerprint density at radius 3 is 2.48 bits per heavy atom. The molecule has 1 aliphatic rings. The van der Waals surface area contributed by atoms with E-state index in [0.29, 0.717) is 12.3 Å². The Bertz CT molecular complexity index is 992. The molecule has 2 aromatic carbocycles. The first-order valence-electron chi connectivity index (χ1n) is 10.8. The minimum absolute atomic E-state index is 0.337.